The van der Waals surface area contributed by atoms with Crippen LogP contribution in [-0.2, 0) is 46.1 Å². The van der Waals surface area contributed by atoms with Gasteiger partial charge in [-0.25, -0.2) is 0 Å². The molecule has 5 heteroatoms. The molecule has 0 saturated carbocycles. The third-order valence-electron chi connectivity index (χ3n) is 0. The fourth-order valence-corrected chi connectivity index (χ4v) is 0. The molecule has 1 nitrogen and oxygen atoms in total. The molecule has 1 radical (unpaired) electrons. The van der Waals surface area contributed by atoms with Crippen molar-refractivity contribution in [1.82, 2.24) is 0 Å². The van der Waals surface area contributed by atoms with E-state index in [4.69, 9.17) is 4.21 Å². The Labute approximate surface area is 95.2 Å². The summed E-state index contributed by atoms with van der Waals surface area (Å²) in [7, 11) is 0. The van der Waals surface area contributed by atoms with Gasteiger partial charge in [0.1, 0.15) is 0 Å². The first-order valence-electron chi connectivity index (χ1n) is 0.167. The monoisotopic (exact) mass is 343 g/mol. The van der Waals surface area contributed by atoms with E-state index in [1.165, 1.54) is 0 Å². The maximum atomic E-state index is 7.83. The predicted molar refractivity (Wildman–Crippen MR) is 8.14 cm³/mol. The maximum absolute atomic E-state index is 7.83. The van der Waals surface area contributed by atoms with Crippen molar-refractivity contribution < 1.29 is 84.7 Å². The van der Waals surface area contributed by atoms with Crippen molar-refractivity contribution in [3.63, 3.8) is 0 Å². The van der Waals surface area contributed by atoms with Gasteiger partial charge in [0.05, 0.1) is 0 Å². The molecule has 0 aromatic carbocycles. The molecule has 5 heavy (non-hydrogen) atoms. The van der Waals surface area contributed by atoms with Crippen molar-refractivity contribution in [3.05, 3.63) is 0 Å². The summed E-state index contributed by atoms with van der Waals surface area (Å²) in [6.45, 7) is 0. The van der Waals surface area contributed by atoms with Crippen LogP contribution in [0.5, 0.6) is 0 Å². The van der Waals surface area contributed by atoms with Gasteiger partial charge >= 0.3 is 0 Å². The van der Waals surface area contributed by atoms with E-state index in [0.717, 1.165) is 0 Å². The van der Waals surface area contributed by atoms with Crippen molar-refractivity contribution >= 4 is 12.5 Å². The van der Waals surface area contributed by atoms with Gasteiger partial charge in [-0.3, -0.25) is 0 Å². The van der Waals surface area contributed by atoms with Crippen LogP contribution in [0.4, 0.5) is 0 Å². The SMILES string of the molecule is O=S.[Cu].[Ni].[Yb]. The Bertz CT molecular complexity index is 11.6. The van der Waals surface area contributed by atoms with Gasteiger partial charge in [-0.2, -0.15) is 4.21 Å². The van der Waals surface area contributed by atoms with Crippen molar-refractivity contribution in [2.75, 3.05) is 0 Å². The molecule has 0 heterocycles. The predicted octanol–water partition coefficient (Wildman–Crippen LogP) is -0.341. The molecule has 0 aliphatic rings. The Morgan fingerprint density at radius 2 is 1.20 bits per heavy atom. The molecule has 0 N–H and O–H groups in total. The maximum Gasteiger partial charge on any atom is 0.197 e. The first-order valence-corrected chi connectivity index (χ1v) is 0.500. The zero-order valence-electron chi connectivity index (χ0n) is 1.70. The summed E-state index contributed by atoms with van der Waals surface area (Å²) in [5.41, 5.74) is 0. The van der Waals surface area contributed by atoms with E-state index in [0.29, 0.717) is 0 Å². The van der Waals surface area contributed by atoms with Crippen LogP contribution in [0.3, 0.4) is 0 Å². The van der Waals surface area contributed by atoms with Gasteiger partial charge in [0.2, 0.25) is 0 Å². The minimum absolute atomic E-state index is 0. The fourth-order valence-electron chi connectivity index (χ4n) is 0. The summed E-state index contributed by atoms with van der Waals surface area (Å²) in [6.07, 6.45) is 0. The van der Waals surface area contributed by atoms with E-state index in [2.05, 4.69) is 12.5 Å². The fraction of sp³-hybridized carbons (Fsp3) is 0. The van der Waals surface area contributed by atoms with Crippen LogP contribution in [0, 0.1) is 46.9 Å². The molecule has 0 aliphatic carbocycles. The molecule has 0 spiro atoms. The van der Waals surface area contributed by atoms with E-state index < -0.39 is 0 Å². The smallest absolute Gasteiger partial charge is 0.197 e. The van der Waals surface area contributed by atoms with Crippen LogP contribution in [0.25, 0.3) is 0 Å². The van der Waals surface area contributed by atoms with E-state index in [-0.39, 0.29) is 80.5 Å². The van der Waals surface area contributed by atoms with Crippen molar-refractivity contribution in [1.29, 1.82) is 0 Å². The van der Waals surface area contributed by atoms with Crippen LogP contribution >= 0.6 is 0 Å². The average molecular weight is 343 g/mol. The van der Waals surface area contributed by atoms with E-state index in [1.807, 2.05) is 0 Å². The van der Waals surface area contributed by atoms with E-state index >= 15 is 0 Å². The zero-order chi connectivity index (χ0) is 2.00. The third-order valence-corrected chi connectivity index (χ3v) is 0. The molecule has 0 amide bonds. The quantitative estimate of drug-likeness (QED) is 0.560. The molecule has 0 aromatic rings. The Hall–Kier alpha value is 2.55. The second-order valence-electron chi connectivity index (χ2n) is 0. The number of hydrogen-bond acceptors (Lipinski definition) is 2. The molecule has 0 fully saturated rings. The summed E-state index contributed by atoms with van der Waals surface area (Å²) in [6, 6.07) is 0. The second kappa shape index (κ2) is 31.0. The van der Waals surface area contributed by atoms with Crippen molar-refractivity contribution in [2.24, 2.45) is 0 Å². The molecule has 0 saturated heterocycles. The van der Waals surface area contributed by atoms with Crippen molar-refractivity contribution in [2.45, 2.75) is 0 Å². The largest absolute Gasteiger partial charge is 0.197 e. The van der Waals surface area contributed by atoms with Crippen LogP contribution < -0.4 is 0 Å². The summed E-state index contributed by atoms with van der Waals surface area (Å²) in [5, 5.41) is 0. The minimum Gasteiger partial charge on any atom is -0.197 e. The van der Waals surface area contributed by atoms with Gasteiger partial charge in [0, 0.05) is 80.5 Å². The third kappa shape index (κ3) is 20.8. The summed E-state index contributed by atoms with van der Waals surface area (Å²) < 4.78 is 7.83. The molecule has 0 atom stereocenters. The van der Waals surface area contributed by atoms with Crippen LogP contribution in [0.2, 0.25) is 0 Å². The molecule has 0 rings (SSSR count). The zero-order valence-corrected chi connectivity index (χ0v) is 6.16. The molecule has 47 valence electrons. The van der Waals surface area contributed by atoms with Gasteiger partial charge < -0.3 is 0 Å². The Balaban J connectivity index is -0.00000000167. The Morgan fingerprint density at radius 3 is 1.20 bits per heavy atom. The average Bonchev–Trinajstić information content (AvgIpc) is 1.00. The number of rotatable bonds is 0. The molecular formula is CuNiOSYb. The molecule has 0 unspecified atom stereocenters. The van der Waals surface area contributed by atoms with Crippen LogP contribution in [-0.4, -0.2) is 4.21 Å². The first-order chi connectivity index (χ1) is 1.00. The van der Waals surface area contributed by atoms with Gasteiger partial charge in [0.15, 0.2) is 12.5 Å². The summed E-state index contributed by atoms with van der Waals surface area (Å²) >= 11 is 2.83. The van der Waals surface area contributed by atoms with Crippen LogP contribution in [0.1, 0.15) is 0 Å². The molecule has 0 bridgehead atoms. The van der Waals surface area contributed by atoms with Gasteiger partial charge in [-0.05, 0) is 0 Å². The first kappa shape index (κ1) is 25.7. The van der Waals surface area contributed by atoms with E-state index in [1.54, 1.807) is 0 Å². The normalized spacial score (nSPS) is 0.800. The Kier molecular flexibility index (Phi) is 159. The van der Waals surface area contributed by atoms with Gasteiger partial charge in [-0.15, -0.1) is 0 Å². The standard InChI is InChI=1S/Cu.Ni.OS.Yb/c;;1-2;. The molecular weight excluding hydrogens is 343 g/mol. The van der Waals surface area contributed by atoms with Gasteiger partial charge in [0.25, 0.3) is 0 Å². The topological polar surface area (TPSA) is 17.1 Å². The summed E-state index contributed by atoms with van der Waals surface area (Å²) in [4.78, 5) is 0. The molecule has 0 aromatic heterocycles. The van der Waals surface area contributed by atoms with Gasteiger partial charge in [-0.1, -0.05) is 0 Å². The van der Waals surface area contributed by atoms with E-state index in [9.17, 15) is 0 Å². The van der Waals surface area contributed by atoms with Crippen molar-refractivity contribution in [3.8, 4) is 0 Å². The second-order valence-corrected chi connectivity index (χ2v) is 0. The molecule has 0 aliphatic heterocycles. The van der Waals surface area contributed by atoms with Crippen LogP contribution in [0.15, 0.2) is 0 Å². The summed E-state index contributed by atoms with van der Waals surface area (Å²) in [5.74, 6) is 0. The Morgan fingerprint density at radius 1 is 1.20 bits per heavy atom. The number of hydrogen-bond donors (Lipinski definition) is 0. The minimum atomic E-state index is 0.